The highest BCUT2D eigenvalue weighted by atomic mass is 35.5. The lowest BCUT2D eigenvalue weighted by Gasteiger charge is -2.31. The van der Waals surface area contributed by atoms with Crippen LogP contribution in [0.25, 0.3) is 0 Å². The van der Waals surface area contributed by atoms with Crippen molar-refractivity contribution < 1.29 is 22.2 Å². The topological polar surface area (TPSA) is 105 Å². The molecule has 2 N–H and O–H groups in total. The van der Waals surface area contributed by atoms with E-state index in [4.69, 9.17) is 15.8 Å². The summed E-state index contributed by atoms with van der Waals surface area (Å²) in [5.41, 5.74) is 0.467. The second-order valence-electron chi connectivity index (χ2n) is 8.90. The molecule has 0 spiro atoms. The van der Waals surface area contributed by atoms with Gasteiger partial charge < -0.3 is 19.7 Å². The van der Waals surface area contributed by atoms with Crippen LogP contribution < -0.4 is 14.8 Å². The Balaban J connectivity index is 2.33. The van der Waals surface area contributed by atoms with E-state index < -0.39 is 15.7 Å². The van der Waals surface area contributed by atoms with Gasteiger partial charge >= 0.3 is 16.1 Å². The number of amides is 3. The average molecular weight is 496 g/mol. The molecule has 0 fully saturated rings. The van der Waals surface area contributed by atoms with E-state index in [2.05, 4.69) is 10.6 Å². The molecule has 0 atom stereocenters. The van der Waals surface area contributed by atoms with E-state index in [1.54, 1.807) is 11.0 Å². The summed E-state index contributed by atoms with van der Waals surface area (Å²) in [4.78, 5) is 25.5. The highest BCUT2D eigenvalue weighted by molar-refractivity contribution is 7.87. The summed E-state index contributed by atoms with van der Waals surface area (Å²) in [5, 5.41) is 5.87. The third-order valence-corrected chi connectivity index (χ3v) is 5.88. The molecule has 0 bridgehead atoms. The number of hydrogen-bond donors (Lipinski definition) is 2. The van der Waals surface area contributed by atoms with Gasteiger partial charge in [0, 0.05) is 34.8 Å². The van der Waals surface area contributed by atoms with Crippen LogP contribution in [0, 0.1) is 0 Å². The van der Waals surface area contributed by atoms with Gasteiger partial charge in [-0.3, -0.25) is 4.79 Å². The van der Waals surface area contributed by atoms with Gasteiger partial charge in [-0.2, -0.15) is 8.42 Å². The summed E-state index contributed by atoms with van der Waals surface area (Å²) in [6, 6.07) is 9.71. The van der Waals surface area contributed by atoms with Gasteiger partial charge in [0.2, 0.25) is 5.91 Å². The number of hydrogen-bond acceptors (Lipinski definition) is 5. The number of nitrogens with one attached hydrogen (secondary N) is 2. The first kappa shape index (κ1) is 26.5. The van der Waals surface area contributed by atoms with Gasteiger partial charge in [-0.1, -0.05) is 11.6 Å². The minimum absolute atomic E-state index is 0.0690. The molecular weight excluding hydrogens is 466 g/mol. The Kier molecular flexibility index (Phi) is 8.37. The van der Waals surface area contributed by atoms with E-state index in [9.17, 15) is 18.0 Å². The largest absolute Gasteiger partial charge is 0.379 e. The fourth-order valence-corrected chi connectivity index (χ4v) is 4.05. The van der Waals surface area contributed by atoms with Crippen LogP contribution in [0.4, 0.5) is 10.5 Å². The molecule has 0 aliphatic heterocycles. The number of carbonyl (C=O) groups excluding carboxylic acids is 2. The third-order valence-electron chi connectivity index (χ3n) is 4.39. The van der Waals surface area contributed by atoms with Gasteiger partial charge in [0.1, 0.15) is 10.6 Å². The number of urea groups is 1. The molecule has 0 heterocycles. The number of anilines is 1. The Hall–Kier alpha value is -2.78. The normalized spacial score (nSPS) is 11.8. The van der Waals surface area contributed by atoms with Crippen LogP contribution in [-0.4, -0.2) is 36.8 Å². The summed E-state index contributed by atoms with van der Waals surface area (Å²) in [6.07, 6.45) is 0. The number of carbonyl (C=O) groups is 2. The quantitative estimate of drug-likeness (QED) is 0.537. The van der Waals surface area contributed by atoms with Crippen molar-refractivity contribution in [2.24, 2.45) is 0 Å². The number of halogens is 1. The molecule has 0 radical (unpaired) electrons. The monoisotopic (exact) mass is 495 g/mol. The lowest BCUT2D eigenvalue weighted by atomic mass is 10.1. The molecule has 10 heteroatoms. The zero-order valence-corrected chi connectivity index (χ0v) is 21.2. The van der Waals surface area contributed by atoms with E-state index in [0.29, 0.717) is 16.3 Å². The molecule has 2 rings (SSSR count). The standard InChI is InChI=1S/C23H30ClN3O5S/c1-15(2)27(22(29)26-23(4,5)6)14-17-13-18(24)7-12-21(17)32-33(30,31)20-10-8-19(9-11-20)25-16(3)28/h7-13,15H,14H2,1-6H3,(H,25,28)(H,26,29). The summed E-state index contributed by atoms with van der Waals surface area (Å²) in [7, 11) is -4.17. The Bertz CT molecular complexity index is 1110. The maximum absolute atomic E-state index is 12.9. The van der Waals surface area contributed by atoms with E-state index >= 15 is 0 Å². The molecule has 0 saturated carbocycles. The summed E-state index contributed by atoms with van der Waals surface area (Å²) in [6.45, 7) is 10.8. The third kappa shape index (κ3) is 7.94. The van der Waals surface area contributed by atoms with Crippen LogP contribution in [0.1, 0.15) is 47.1 Å². The molecular formula is C23H30ClN3O5S. The Morgan fingerprint density at radius 2 is 1.70 bits per heavy atom. The van der Waals surface area contributed by atoms with Crippen molar-refractivity contribution in [1.29, 1.82) is 0 Å². The van der Waals surface area contributed by atoms with Gasteiger partial charge in [-0.05, 0) is 77.1 Å². The van der Waals surface area contributed by atoms with Crippen molar-refractivity contribution in [3.8, 4) is 5.75 Å². The van der Waals surface area contributed by atoms with Crippen LogP contribution in [0.2, 0.25) is 5.02 Å². The molecule has 3 amide bonds. The van der Waals surface area contributed by atoms with Crippen LogP contribution in [0.3, 0.4) is 0 Å². The fraction of sp³-hybridized carbons (Fsp3) is 0.391. The molecule has 2 aromatic carbocycles. The highest BCUT2D eigenvalue weighted by Crippen LogP contribution is 2.28. The minimum atomic E-state index is -4.17. The predicted octanol–water partition coefficient (Wildman–Crippen LogP) is 4.78. The van der Waals surface area contributed by atoms with E-state index in [-0.39, 0.29) is 35.2 Å². The first-order valence-electron chi connectivity index (χ1n) is 10.4. The second-order valence-corrected chi connectivity index (χ2v) is 10.9. The number of rotatable bonds is 7. The molecule has 180 valence electrons. The zero-order chi connectivity index (χ0) is 25.0. The van der Waals surface area contributed by atoms with E-state index in [1.807, 2.05) is 34.6 Å². The summed E-state index contributed by atoms with van der Waals surface area (Å²) in [5.74, 6) is -0.197. The second kappa shape index (κ2) is 10.4. The van der Waals surface area contributed by atoms with Crippen LogP contribution in [-0.2, 0) is 21.5 Å². The van der Waals surface area contributed by atoms with Crippen molar-refractivity contribution >= 4 is 39.3 Å². The van der Waals surface area contributed by atoms with Crippen molar-refractivity contribution in [2.75, 3.05) is 5.32 Å². The molecule has 0 unspecified atom stereocenters. The maximum Gasteiger partial charge on any atom is 0.339 e. The molecule has 2 aromatic rings. The van der Waals surface area contributed by atoms with E-state index in [1.165, 1.54) is 43.3 Å². The Labute approximate surface area is 200 Å². The Morgan fingerprint density at radius 3 is 2.21 bits per heavy atom. The number of benzene rings is 2. The maximum atomic E-state index is 12.9. The van der Waals surface area contributed by atoms with Gasteiger partial charge in [0.15, 0.2) is 0 Å². The van der Waals surface area contributed by atoms with Crippen molar-refractivity contribution in [3.05, 3.63) is 53.1 Å². The predicted molar refractivity (Wildman–Crippen MR) is 129 cm³/mol. The summed E-state index contributed by atoms with van der Waals surface area (Å²) < 4.78 is 31.2. The van der Waals surface area contributed by atoms with Crippen molar-refractivity contribution in [1.82, 2.24) is 10.2 Å². The first-order valence-corrected chi connectivity index (χ1v) is 12.2. The lowest BCUT2D eigenvalue weighted by Crippen LogP contribution is -2.50. The minimum Gasteiger partial charge on any atom is -0.379 e. The van der Waals surface area contributed by atoms with Crippen LogP contribution >= 0.6 is 11.6 Å². The smallest absolute Gasteiger partial charge is 0.339 e. The SMILES string of the molecule is CC(=O)Nc1ccc(S(=O)(=O)Oc2ccc(Cl)cc2CN(C(=O)NC(C)(C)C)C(C)C)cc1. The molecule has 0 aliphatic rings. The molecule has 0 aliphatic carbocycles. The molecule has 8 nitrogen and oxygen atoms in total. The van der Waals surface area contributed by atoms with Crippen LogP contribution in [0.15, 0.2) is 47.4 Å². The molecule has 33 heavy (non-hydrogen) atoms. The van der Waals surface area contributed by atoms with Gasteiger partial charge in [-0.15, -0.1) is 0 Å². The van der Waals surface area contributed by atoms with Crippen LogP contribution in [0.5, 0.6) is 5.75 Å². The highest BCUT2D eigenvalue weighted by Gasteiger charge is 2.25. The first-order chi connectivity index (χ1) is 15.2. The van der Waals surface area contributed by atoms with Gasteiger partial charge in [-0.25, -0.2) is 4.79 Å². The van der Waals surface area contributed by atoms with Gasteiger partial charge in [0.25, 0.3) is 0 Å². The summed E-state index contributed by atoms with van der Waals surface area (Å²) >= 11 is 6.15. The molecule has 0 saturated heterocycles. The number of nitrogens with zero attached hydrogens (tertiary/aromatic N) is 1. The van der Waals surface area contributed by atoms with Crippen molar-refractivity contribution in [3.63, 3.8) is 0 Å². The fourth-order valence-electron chi connectivity index (χ4n) is 2.89. The van der Waals surface area contributed by atoms with Gasteiger partial charge in [0.05, 0.1) is 6.54 Å². The average Bonchev–Trinajstić information content (AvgIpc) is 2.66. The Morgan fingerprint density at radius 1 is 1.09 bits per heavy atom. The molecule has 0 aromatic heterocycles. The lowest BCUT2D eigenvalue weighted by molar-refractivity contribution is -0.114. The van der Waals surface area contributed by atoms with Crippen molar-refractivity contribution in [2.45, 2.75) is 64.6 Å². The van der Waals surface area contributed by atoms with E-state index in [0.717, 1.165) is 0 Å². The zero-order valence-electron chi connectivity index (χ0n) is 19.6.